The standard InChI is InChI=1S/C18H20N8O3/c19-12-3-1-11(2-4-12)15-20-16(24-5-7-29-8-6-24)14-17(21-15)26(23-22-14)13-9-25(10-13)18(27)28/h1-4,13H,5-10,19H2,(H,27,28). The molecule has 3 aromatic rings. The van der Waals surface area contributed by atoms with Crippen LogP contribution in [-0.2, 0) is 4.74 Å². The van der Waals surface area contributed by atoms with Crippen molar-refractivity contribution in [2.75, 3.05) is 50.0 Å². The Morgan fingerprint density at radius 1 is 1.14 bits per heavy atom. The van der Waals surface area contributed by atoms with Gasteiger partial charge in [0.15, 0.2) is 22.8 Å². The maximum atomic E-state index is 11.1. The van der Waals surface area contributed by atoms with Crippen LogP contribution in [0.5, 0.6) is 0 Å². The number of carboxylic acid groups (broad SMARTS) is 1. The predicted molar refractivity (Wildman–Crippen MR) is 105 cm³/mol. The van der Waals surface area contributed by atoms with E-state index in [9.17, 15) is 4.79 Å². The van der Waals surface area contributed by atoms with Gasteiger partial charge in [0, 0.05) is 37.4 Å². The summed E-state index contributed by atoms with van der Waals surface area (Å²) in [4.78, 5) is 24.1. The summed E-state index contributed by atoms with van der Waals surface area (Å²) in [6, 6.07) is 7.28. The molecule has 0 radical (unpaired) electrons. The third-order valence-electron chi connectivity index (χ3n) is 5.26. The van der Waals surface area contributed by atoms with Gasteiger partial charge in [-0.2, -0.15) is 0 Å². The number of fused-ring (bicyclic) bond motifs is 1. The minimum Gasteiger partial charge on any atom is -0.465 e. The normalized spacial score (nSPS) is 17.5. The summed E-state index contributed by atoms with van der Waals surface area (Å²) in [5, 5.41) is 17.7. The topological polar surface area (TPSA) is 136 Å². The van der Waals surface area contributed by atoms with E-state index in [-0.39, 0.29) is 6.04 Å². The van der Waals surface area contributed by atoms with Gasteiger partial charge in [-0.3, -0.25) is 0 Å². The summed E-state index contributed by atoms with van der Waals surface area (Å²) in [5.74, 6) is 1.27. The van der Waals surface area contributed by atoms with Gasteiger partial charge in [0.1, 0.15) is 0 Å². The van der Waals surface area contributed by atoms with Gasteiger partial charge in [-0.05, 0) is 24.3 Å². The molecule has 0 unspecified atom stereocenters. The Morgan fingerprint density at radius 2 is 1.86 bits per heavy atom. The Hall–Kier alpha value is -3.47. The van der Waals surface area contributed by atoms with E-state index in [1.54, 1.807) is 4.68 Å². The first-order chi connectivity index (χ1) is 14.1. The molecular formula is C18H20N8O3. The highest BCUT2D eigenvalue weighted by Gasteiger charge is 2.35. The van der Waals surface area contributed by atoms with Crippen molar-refractivity contribution in [3.8, 4) is 11.4 Å². The number of morpholine rings is 1. The van der Waals surface area contributed by atoms with Crippen molar-refractivity contribution in [3.05, 3.63) is 24.3 Å². The summed E-state index contributed by atoms with van der Waals surface area (Å²) in [5.41, 5.74) is 8.53. The average Bonchev–Trinajstić information content (AvgIpc) is 3.11. The molecule has 5 rings (SSSR count). The number of benzene rings is 1. The fourth-order valence-corrected chi connectivity index (χ4v) is 3.59. The SMILES string of the molecule is Nc1ccc(-c2nc(N3CCOCC3)c3nnn(C4CN(C(=O)O)C4)c3n2)cc1. The molecule has 2 saturated heterocycles. The van der Waals surface area contributed by atoms with Crippen LogP contribution in [0.4, 0.5) is 16.3 Å². The maximum Gasteiger partial charge on any atom is 0.407 e. The van der Waals surface area contributed by atoms with Crippen LogP contribution in [0.15, 0.2) is 24.3 Å². The third kappa shape index (κ3) is 3.09. The molecule has 2 fully saturated rings. The molecule has 2 aliphatic rings. The lowest BCUT2D eigenvalue weighted by Crippen LogP contribution is -2.50. The molecule has 2 aromatic heterocycles. The second-order valence-electron chi connectivity index (χ2n) is 7.14. The number of nitrogen functional groups attached to an aromatic ring is 1. The van der Waals surface area contributed by atoms with E-state index in [2.05, 4.69) is 15.2 Å². The van der Waals surface area contributed by atoms with Crippen molar-refractivity contribution in [3.63, 3.8) is 0 Å². The van der Waals surface area contributed by atoms with Crippen LogP contribution in [0.1, 0.15) is 6.04 Å². The van der Waals surface area contributed by atoms with Crippen LogP contribution in [0.3, 0.4) is 0 Å². The van der Waals surface area contributed by atoms with E-state index >= 15 is 0 Å². The second kappa shape index (κ2) is 6.85. The van der Waals surface area contributed by atoms with Crippen LogP contribution in [0, 0.1) is 0 Å². The van der Waals surface area contributed by atoms with Crippen LogP contribution in [0.2, 0.25) is 0 Å². The van der Waals surface area contributed by atoms with Gasteiger partial charge in [-0.25, -0.2) is 19.4 Å². The largest absolute Gasteiger partial charge is 0.465 e. The summed E-state index contributed by atoms with van der Waals surface area (Å²) < 4.78 is 7.17. The zero-order valence-electron chi connectivity index (χ0n) is 15.6. The van der Waals surface area contributed by atoms with E-state index in [1.165, 1.54) is 4.90 Å². The zero-order valence-corrected chi connectivity index (χ0v) is 15.6. The van der Waals surface area contributed by atoms with Gasteiger partial charge in [0.05, 0.1) is 19.3 Å². The summed E-state index contributed by atoms with van der Waals surface area (Å²) in [7, 11) is 0. The van der Waals surface area contributed by atoms with Gasteiger partial charge in [0.2, 0.25) is 0 Å². The third-order valence-corrected chi connectivity index (χ3v) is 5.26. The fourth-order valence-electron chi connectivity index (χ4n) is 3.59. The van der Waals surface area contributed by atoms with Gasteiger partial charge in [0.25, 0.3) is 0 Å². The lowest BCUT2D eigenvalue weighted by Gasteiger charge is -2.36. The lowest BCUT2D eigenvalue weighted by atomic mass is 10.1. The van der Waals surface area contributed by atoms with Crippen molar-refractivity contribution in [2.24, 2.45) is 0 Å². The highest BCUT2D eigenvalue weighted by Crippen LogP contribution is 2.30. The summed E-state index contributed by atoms with van der Waals surface area (Å²) >= 11 is 0. The number of amides is 1. The van der Waals surface area contributed by atoms with Crippen molar-refractivity contribution < 1.29 is 14.6 Å². The number of aromatic nitrogens is 5. The first-order valence-electron chi connectivity index (χ1n) is 9.39. The molecule has 0 spiro atoms. The van der Waals surface area contributed by atoms with Crippen molar-refractivity contribution >= 4 is 28.8 Å². The second-order valence-corrected chi connectivity index (χ2v) is 7.14. The summed E-state index contributed by atoms with van der Waals surface area (Å²) in [6.45, 7) is 3.37. The van der Waals surface area contributed by atoms with Crippen LogP contribution in [-0.4, -0.2) is 80.5 Å². The molecule has 29 heavy (non-hydrogen) atoms. The molecule has 0 atom stereocenters. The van der Waals surface area contributed by atoms with Gasteiger partial charge in [-0.15, -0.1) is 5.10 Å². The molecule has 1 aromatic carbocycles. The number of ether oxygens (including phenoxy) is 1. The number of rotatable bonds is 3. The van der Waals surface area contributed by atoms with Gasteiger partial charge >= 0.3 is 6.09 Å². The van der Waals surface area contributed by atoms with E-state index in [1.807, 2.05) is 24.3 Å². The first-order valence-corrected chi connectivity index (χ1v) is 9.39. The number of hydrogen-bond acceptors (Lipinski definition) is 8. The minimum absolute atomic E-state index is 0.0946. The number of likely N-dealkylation sites (tertiary alicyclic amines) is 1. The van der Waals surface area contributed by atoms with Crippen LogP contribution in [0.25, 0.3) is 22.6 Å². The molecule has 2 aliphatic heterocycles. The Kier molecular flexibility index (Phi) is 4.16. The van der Waals surface area contributed by atoms with Crippen molar-refractivity contribution in [1.29, 1.82) is 0 Å². The molecule has 1 amide bonds. The number of anilines is 2. The van der Waals surface area contributed by atoms with Gasteiger partial charge in [-0.1, -0.05) is 5.21 Å². The minimum atomic E-state index is -0.933. The monoisotopic (exact) mass is 396 g/mol. The molecule has 3 N–H and O–H groups in total. The fraction of sp³-hybridized carbons (Fsp3) is 0.389. The smallest absolute Gasteiger partial charge is 0.407 e. The number of nitrogens with zero attached hydrogens (tertiary/aromatic N) is 7. The molecule has 0 saturated carbocycles. The molecule has 4 heterocycles. The first kappa shape index (κ1) is 17.6. The molecule has 150 valence electrons. The summed E-state index contributed by atoms with van der Waals surface area (Å²) in [6.07, 6.45) is -0.933. The maximum absolute atomic E-state index is 11.1. The van der Waals surface area contributed by atoms with Crippen LogP contribution >= 0.6 is 0 Å². The highest BCUT2D eigenvalue weighted by atomic mass is 16.5. The number of nitrogens with two attached hydrogens (primary N) is 1. The van der Waals surface area contributed by atoms with E-state index in [4.69, 9.17) is 25.5 Å². The molecule has 0 bridgehead atoms. The van der Waals surface area contributed by atoms with Crippen LogP contribution < -0.4 is 10.6 Å². The van der Waals surface area contributed by atoms with E-state index in [0.29, 0.717) is 67.9 Å². The molecule has 0 aliphatic carbocycles. The highest BCUT2D eigenvalue weighted by molar-refractivity contribution is 5.85. The number of carbonyl (C=O) groups is 1. The lowest BCUT2D eigenvalue weighted by molar-refractivity contribution is 0.0818. The van der Waals surface area contributed by atoms with Crippen molar-refractivity contribution in [2.45, 2.75) is 6.04 Å². The zero-order chi connectivity index (χ0) is 20.0. The Labute approximate surface area is 165 Å². The van der Waals surface area contributed by atoms with Gasteiger partial charge < -0.3 is 25.4 Å². The Bertz CT molecular complexity index is 1050. The van der Waals surface area contributed by atoms with E-state index < -0.39 is 6.09 Å². The van der Waals surface area contributed by atoms with Crippen molar-refractivity contribution in [1.82, 2.24) is 29.9 Å². The van der Waals surface area contributed by atoms with E-state index in [0.717, 1.165) is 5.56 Å². The predicted octanol–water partition coefficient (Wildman–Crippen LogP) is 0.842. The molecular weight excluding hydrogens is 376 g/mol. The number of hydrogen-bond donors (Lipinski definition) is 2. The molecule has 11 heteroatoms. The Balaban J connectivity index is 1.60. The quantitative estimate of drug-likeness (QED) is 0.617. The molecule has 11 nitrogen and oxygen atoms in total. The Morgan fingerprint density at radius 3 is 2.55 bits per heavy atom. The average molecular weight is 396 g/mol.